The zero-order valence-corrected chi connectivity index (χ0v) is 13.8. The van der Waals surface area contributed by atoms with Crippen molar-refractivity contribution in [1.29, 1.82) is 0 Å². The molecule has 6 heteroatoms. The highest BCUT2D eigenvalue weighted by Gasteiger charge is 2.13. The monoisotopic (exact) mass is 321 g/mol. The van der Waals surface area contributed by atoms with Crippen molar-refractivity contribution in [2.75, 3.05) is 12.3 Å². The molecular formula is C16H23N3O2S. The second-order valence-electron chi connectivity index (χ2n) is 5.34. The van der Waals surface area contributed by atoms with Crippen LogP contribution in [0.2, 0.25) is 0 Å². The lowest BCUT2D eigenvalue weighted by atomic mass is 10.2. The topological polar surface area (TPSA) is 78.0 Å². The van der Waals surface area contributed by atoms with Crippen LogP contribution in [-0.4, -0.2) is 39.4 Å². The molecule has 0 radical (unpaired) electrons. The van der Waals surface area contributed by atoms with Gasteiger partial charge < -0.3 is 15.4 Å². The molecular weight excluding hydrogens is 298 g/mol. The van der Waals surface area contributed by atoms with Crippen LogP contribution in [0.5, 0.6) is 0 Å². The van der Waals surface area contributed by atoms with Crippen molar-refractivity contribution in [3.05, 3.63) is 30.1 Å². The Kier molecular flexibility index (Phi) is 6.27. The molecule has 1 aromatic heterocycles. The summed E-state index contributed by atoms with van der Waals surface area (Å²) >= 11 is 1.53. The van der Waals surface area contributed by atoms with Crippen LogP contribution in [-0.2, 0) is 4.79 Å². The summed E-state index contributed by atoms with van der Waals surface area (Å²) in [6.07, 6.45) is 1.17. The molecule has 0 fully saturated rings. The number of H-pyrrole nitrogens is 1. The van der Waals surface area contributed by atoms with E-state index in [4.69, 9.17) is 0 Å². The number of aliphatic hydroxyl groups excluding tert-OH is 1. The van der Waals surface area contributed by atoms with Gasteiger partial charge in [-0.1, -0.05) is 25.5 Å². The summed E-state index contributed by atoms with van der Waals surface area (Å²) in [6.45, 7) is 4.36. The fraction of sp³-hybridized carbons (Fsp3) is 0.500. The van der Waals surface area contributed by atoms with Crippen LogP contribution < -0.4 is 5.32 Å². The number of thioether (sulfide) groups is 1. The summed E-state index contributed by atoms with van der Waals surface area (Å²) < 4.78 is 0. The molecule has 0 aliphatic carbocycles. The zero-order chi connectivity index (χ0) is 15.9. The van der Waals surface area contributed by atoms with Gasteiger partial charge in [0, 0.05) is 6.54 Å². The van der Waals surface area contributed by atoms with Gasteiger partial charge >= 0.3 is 0 Å². The number of benzene rings is 1. The molecule has 0 aliphatic heterocycles. The number of nitrogens with zero attached hydrogens (tertiary/aromatic N) is 1. The maximum Gasteiger partial charge on any atom is 0.230 e. The first-order chi connectivity index (χ1) is 10.6. The van der Waals surface area contributed by atoms with E-state index < -0.39 is 6.10 Å². The van der Waals surface area contributed by atoms with E-state index in [1.165, 1.54) is 11.8 Å². The number of aromatic nitrogens is 2. The lowest BCUT2D eigenvalue weighted by Crippen LogP contribution is -2.33. The van der Waals surface area contributed by atoms with E-state index in [2.05, 4.69) is 15.3 Å². The number of fused-ring (bicyclic) bond motifs is 1. The standard InChI is InChI=1S/C16H23N3O2S/c1-3-6-12(20)9-17-15(21)10-22-11(2)16-18-13-7-4-5-8-14(13)19-16/h4-5,7-8,11-12,20H,3,6,9-10H2,1-2H3,(H,17,21)(H,18,19). The molecule has 2 rings (SSSR count). The minimum atomic E-state index is -0.452. The Hall–Kier alpha value is -1.53. The van der Waals surface area contributed by atoms with Crippen LogP contribution in [0, 0.1) is 0 Å². The number of para-hydroxylation sites is 2. The quantitative estimate of drug-likeness (QED) is 0.698. The fourth-order valence-electron chi connectivity index (χ4n) is 2.16. The highest BCUT2D eigenvalue weighted by molar-refractivity contribution is 8.00. The number of carbonyl (C=O) groups excluding carboxylic acids is 1. The number of hydrogen-bond donors (Lipinski definition) is 3. The van der Waals surface area contributed by atoms with Crippen molar-refractivity contribution >= 4 is 28.7 Å². The predicted molar refractivity (Wildman–Crippen MR) is 90.9 cm³/mol. The zero-order valence-electron chi connectivity index (χ0n) is 13.0. The van der Waals surface area contributed by atoms with Gasteiger partial charge in [-0.3, -0.25) is 4.79 Å². The van der Waals surface area contributed by atoms with E-state index in [0.717, 1.165) is 23.3 Å². The van der Waals surface area contributed by atoms with Crippen LogP contribution in [0.15, 0.2) is 24.3 Å². The highest BCUT2D eigenvalue weighted by atomic mass is 32.2. The van der Waals surface area contributed by atoms with Crippen molar-refractivity contribution in [1.82, 2.24) is 15.3 Å². The fourth-order valence-corrected chi connectivity index (χ4v) is 2.94. The Morgan fingerprint density at radius 1 is 1.45 bits per heavy atom. The van der Waals surface area contributed by atoms with Crippen molar-refractivity contribution in [2.45, 2.75) is 38.0 Å². The van der Waals surface area contributed by atoms with Crippen molar-refractivity contribution < 1.29 is 9.90 Å². The Morgan fingerprint density at radius 2 is 2.23 bits per heavy atom. The van der Waals surface area contributed by atoms with Gasteiger partial charge in [-0.15, -0.1) is 11.8 Å². The lowest BCUT2D eigenvalue weighted by molar-refractivity contribution is -0.119. The number of imidazole rings is 1. The summed E-state index contributed by atoms with van der Waals surface area (Å²) in [7, 11) is 0. The number of aromatic amines is 1. The third-order valence-electron chi connectivity index (χ3n) is 3.41. The predicted octanol–water partition coefficient (Wildman–Crippen LogP) is 2.63. The molecule has 0 spiro atoms. The Labute approximate surface area is 134 Å². The average molecular weight is 321 g/mol. The summed E-state index contributed by atoms with van der Waals surface area (Å²) in [5.41, 5.74) is 1.95. The minimum absolute atomic E-state index is 0.0527. The number of aliphatic hydroxyl groups is 1. The molecule has 0 bridgehead atoms. The molecule has 0 saturated carbocycles. The van der Waals surface area contributed by atoms with E-state index in [0.29, 0.717) is 18.7 Å². The minimum Gasteiger partial charge on any atom is -0.391 e. The van der Waals surface area contributed by atoms with Gasteiger partial charge in [0.25, 0.3) is 0 Å². The first-order valence-electron chi connectivity index (χ1n) is 7.61. The van der Waals surface area contributed by atoms with Crippen molar-refractivity contribution in [3.8, 4) is 0 Å². The molecule has 1 heterocycles. The number of amides is 1. The van der Waals surface area contributed by atoms with E-state index >= 15 is 0 Å². The molecule has 2 aromatic rings. The first kappa shape index (κ1) is 16.8. The molecule has 1 aromatic carbocycles. The molecule has 22 heavy (non-hydrogen) atoms. The molecule has 0 saturated heterocycles. The summed E-state index contributed by atoms with van der Waals surface area (Å²) in [4.78, 5) is 19.6. The normalized spacial score (nSPS) is 14.0. The van der Waals surface area contributed by atoms with E-state index in [-0.39, 0.29) is 11.2 Å². The molecule has 0 aliphatic rings. The number of nitrogens with one attached hydrogen (secondary N) is 2. The lowest BCUT2D eigenvalue weighted by Gasteiger charge is -2.12. The Morgan fingerprint density at radius 3 is 2.95 bits per heavy atom. The molecule has 5 nitrogen and oxygen atoms in total. The van der Waals surface area contributed by atoms with Crippen LogP contribution >= 0.6 is 11.8 Å². The van der Waals surface area contributed by atoms with E-state index in [1.54, 1.807) is 0 Å². The molecule has 120 valence electrons. The highest BCUT2D eigenvalue weighted by Crippen LogP contribution is 2.27. The molecule has 2 unspecified atom stereocenters. The summed E-state index contributed by atoms with van der Waals surface area (Å²) in [6, 6.07) is 7.89. The molecule has 2 atom stereocenters. The van der Waals surface area contributed by atoms with Gasteiger partial charge in [0.05, 0.1) is 28.1 Å². The summed E-state index contributed by atoms with van der Waals surface area (Å²) in [5, 5.41) is 12.5. The Balaban J connectivity index is 1.79. The Bertz CT molecular complexity index is 581. The molecule has 3 N–H and O–H groups in total. The van der Waals surface area contributed by atoms with Gasteiger partial charge in [0.1, 0.15) is 5.82 Å². The van der Waals surface area contributed by atoms with Gasteiger partial charge in [-0.2, -0.15) is 0 Å². The first-order valence-corrected chi connectivity index (χ1v) is 8.66. The van der Waals surface area contributed by atoms with Gasteiger partial charge in [0.15, 0.2) is 0 Å². The van der Waals surface area contributed by atoms with Crippen LogP contribution in [0.3, 0.4) is 0 Å². The van der Waals surface area contributed by atoms with Gasteiger partial charge in [0.2, 0.25) is 5.91 Å². The third kappa shape index (κ3) is 4.74. The number of rotatable bonds is 8. The third-order valence-corrected chi connectivity index (χ3v) is 4.57. The maximum atomic E-state index is 11.8. The average Bonchev–Trinajstić information content (AvgIpc) is 2.95. The van der Waals surface area contributed by atoms with Crippen LogP contribution in [0.1, 0.15) is 37.8 Å². The van der Waals surface area contributed by atoms with Crippen molar-refractivity contribution in [3.63, 3.8) is 0 Å². The second kappa shape index (κ2) is 8.19. The summed E-state index contributed by atoms with van der Waals surface area (Å²) in [5.74, 6) is 1.19. The largest absolute Gasteiger partial charge is 0.391 e. The SMILES string of the molecule is CCCC(O)CNC(=O)CSC(C)c1nc2ccccc2[nH]1. The molecule has 1 amide bonds. The van der Waals surface area contributed by atoms with Crippen LogP contribution in [0.4, 0.5) is 0 Å². The van der Waals surface area contributed by atoms with Crippen LogP contribution in [0.25, 0.3) is 11.0 Å². The van der Waals surface area contributed by atoms with E-state index in [9.17, 15) is 9.90 Å². The van der Waals surface area contributed by atoms with Crippen molar-refractivity contribution in [2.24, 2.45) is 0 Å². The smallest absolute Gasteiger partial charge is 0.230 e. The second-order valence-corrected chi connectivity index (χ2v) is 6.67. The van der Waals surface area contributed by atoms with E-state index in [1.807, 2.05) is 38.1 Å². The van der Waals surface area contributed by atoms with Gasteiger partial charge in [-0.05, 0) is 25.5 Å². The number of carbonyl (C=O) groups is 1. The maximum absolute atomic E-state index is 11.8. The van der Waals surface area contributed by atoms with Gasteiger partial charge in [-0.25, -0.2) is 4.98 Å². The number of hydrogen-bond acceptors (Lipinski definition) is 4.